The highest BCUT2D eigenvalue weighted by Crippen LogP contribution is 2.40. The molecule has 0 aliphatic rings. The Kier molecular flexibility index (Phi) is 5.49. The molecule has 4 aromatic carbocycles. The third-order valence-electron chi connectivity index (χ3n) is 5.48. The van der Waals surface area contributed by atoms with Crippen LogP contribution in [0.5, 0.6) is 0 Å². The van der Waals surface area contributed by atoms with Gasteiger partial charge in [-0.15, -0.1) is 0 Å². The summed E-state index contributed by atoms with van der Waals surface area (Å²) in [5.41, 5.74) is 4.59. The van der Waals surface area contributed by atoms with Gasteiger partial charge in [-0.05, 0) is 16.7 Å². The van der Waals surface area contributed by atoms with Crippen molar-refractivity contribution in [2.45, 2.75) is 0 Å². The summed E-state index contributed by atoms with van der Waals surface area (Å²) in [5.74, 6) is 0. The van der Waals surface area contributed by atoms with Gasteiger partial charge in [-0.3, -0.25) is 0 Å². The molecule has 0 N–H and O–H groups in total. The molecule has 1 aromatic heterocycles. The Balaban J connectivity index is 1.51. The van der Waals surface area contributed by atoms with Crippen LogP contribution in [0.2, 0.25) is 0 Å². The maximum absolute atomic E-state index is 14.3. The molecular formula is C28H21N2OP. The highest BCUT2D eigenvalue weighted by molar-refractivity contribution is 7.84. The highest BCUT2D eigenvalue weighted by Gasteiger charge is 2.32. The van der Waals surface area contributed by atoms with Gasteiger partial charge in [0, 0.05) is 28.6 Å². The maximum atomic E-state index is 14.3. The van der Waals surface area contributed by atoms with E-state index < -0.39 is 7.14 Å². The lowest BCUT2D eigenvalue weighted by atomic mass is 10.0. The summed E-state index contributed by atoms with van der Waals surface area (Å²) >= 11 is 0. The summed E-state index contributed by atoms with van der Waals surface area (Å²) in [6.45, 7) is 0. The van der Waals surface area contributed by atoms with Crippen LogP contribution in [0.1, 0.15) is 0 Å². The van der Waals surface area contributed by atoms with E-state index in [0.717, 1.165) is 27.3 Å². The summed E-state index contributed by atoms with van der Waals surface area (Å²) in [7, 11) is -3.16. The van der Waals surface area contributed by atoms with Crippen LogP contribution in [0.25, 0.3) is 22.3 Å². The van der Waals surface area contributed by atoms with Crippen molar-refractivity contribution in [3.63, 3.8) is 0 Å². The number of hydrogen-bond acceptors (Lipinski definition) is 3. The molecule has 0 fully saturated rings. The SMILES string of the molecule is O=P(c1ccccc1)(c1ccccc1)c1ncc(-c2ccc(-c3ccccc3)cc2)cn1. The second-order valence-corrected chi connectivity index (χ2v) is 10.1. The van der Waals surface area contributed by atoms with Gasteiger partial charge in [0.1, 0.15) is 0 Å². The van der Waals surface area contributed by atoms with E-state index in [4.69, 9.17) is 0 Å². The first-order chi connectivity index (χ1) is 15.7. The number of nitrogens with zero attached hydrogens (tertiary/aromatic N) is 2. The zero-order valence-corrected chi connectivity index (χ0v) is 18.3. The quantitative estimate of drug-likeness (QED) is 0.347. The van der Waals surface area contributed by atoms with Crippen molar-refractivity contribution in [3.05, 3.63) is 128 Å². The largest absolute Gasteiger partial charge is 0.305 e. The van der Waals surface area contributed by atoms with Crippen LogP contribution < -0.4 is 16.2 Å². The fraction of sp³-hybridized carbons (Fsp3) is 0. The third-order valence-corrected chi connectivity index (χ3v) is 8.33. The summed E-state index contributed by atoms with van der Waals surface area (Å²) in [6.07, 6.45) is 3.52. The van der Waals surface area contributed by atoms with E-state index in [1.54, 1.807) is 12.4 Å². The molecule has 5 rings (SSSR count). The molecule has 4 heteroatoms. The summed E-state index contributed by atoms with van der Waals surface area (Å²) in [6, 6.07) is 37.5. The van der Waals surface area contributed by atoms with Gasteiger partial charge in [0.25, 0.3) is 0 Å². The Morgan fingerprint density at radius 3 is 1.28 bits per heavy atom. The second kappa shape index (κ2) is 8.74. The molecule has 0 saturated carbocycles. The summed E-state index contributed by atoms with van der Waals surface area (Å²) in [5, 5.41) is 1.46. The minimum Gasteiger partial charge on any atom is -0.305 e. The van der Waals surface area contributed by atoms with Crippen LogP contribution >= 0.6 is 7.14 Å². The Morgan fingerprint density at radius 2 is 0.812 bits per heavy atom. The zero-order valence-electron chi connectivity index (χ0n) is 17.4. The van der Waals surface area contributed by atoms with Gasteiger partial charge in [0.15, 0.2) is 5.57 Å². The van der Waals surface area contributed by atoms with E-state index in [-0.39, 0.29) is 0 Å². The van der Waals surface area contributed by atoms with E-state index in [1.165, 1.54) is 5.56 Å². The summed E-state index contributed by atoms with van der Waals surface area (Å²) in [4.78, 5) is 9.17. The zero-order chi connectivity index (χ0) is 21.8. The lowest BCUT2D eigenvalue weighted by molar-refractivity contribution is 0.591. The Morgan fingerprint density at radius 1 is 0.438 bits per heavy atom. The number of rotatable bonds is 5. The van der Waals surface area contributed by atoms with E-state index in [1.807, 2.05) is 78.9 Å². The molecule has 0 aliphatic carbocycles. The van der Waals surface area contributed by atoms with E-state index >= 15 is 0 Å². The van der Waals surface area contributed by atoms with Crippen molar-refractivity contribution < 1.29 is 4.57 Å². The fourth-order valence-corrected chi connectivity index (χ4v) is 6.16. The van der Waals surface area contributed by atoms with Crippen molar-refractivity contribution in [2.75, 3.05) is 0 Å². The van der Waals surface area contributed by atoms with Crippen LogP contribution in [0.4, 0.5) is 0 Å². The normalized spacial score (nSPS) is 11.2. The minimum atomic E-state index is -3.16. The molecule has 0 aliphatic heterocycles. The molecule has 154 valence electrons. The lowest BCUT2D eigenvalue weighted by Crippen LogP contribution is -2.28. The van der Waals surface area contributed by atoms with Gasteiger partial charge in [0.2, 0.25) is 7.14 Å². The fourth-order valence-electron chi connectivity index (χ4n) is 3.77. The standard InChI is InChI=1S/C28H21N2OP/c31-32(26-12-6-2-7-13-26,27-14-8-3-9-15-27)28-29-20-25(21-30-28)24-18-16-23(17-19-24)22-10-4-1-5-11-22/h1-21H. The molecule has 0 bridgehead atoms. The first-order valence-electron chi connectivity index (χ1n) is 10.4. The smallest absolute Gasteiger partial charge is 0.206 e. The van der Waals surface area contributed by atoms with Gasteiger partial charge in [-0.1, -0.05) is 115 Å². The average molecular weight is 432 g/mol. The number of hydrogen-bond donors (Lipinski definition) is 0. The molecule has 0 atom stereocenters. The molecule has 3 nitrogen and oxygen atoms in total. The maximum Gasteiger partial charge on any atom is 0.206 e. The van der Waals surface area contributed by atoms with Crippen LogP contribution in [-0.4, -0.2) is 9.97 Å². The van der Waals surface area contributed by atoms with Gasteiger partial charge in [0.05, 0.1) is 0 Å². The molecule has 0 amide bonds. The first kappa shape index (κ1) is 20.1. The highest BCUT2D eigenvalue weighted by atomic mass is 31.2. The van der Waals surface area contributed by atoms with Crippen LogP contribution in [0.15, 0.2) is 128 Å². The first-order valence-corrected chi connectivity index (χ1v) is 12.2. The topological polar surface area (TPSA) is 42.9 Å². The molecule has 1 heterocycles. The molecule has 0 radical (unpaired) electrons. The predicted octanol–water partition coefficient (Wildman–Crippen LogP) is 5.45. The molecule has 0 unspecified atom stereocenters. The lowest BCUT2D eigenvalue weighted by Gasteiger charge is -2.18. The second-order valence-electron chi connectivity index (χ2n) is 7.50. The predicted molar refractivity (Wildman–Crippen MR) is 132 cm³/mol. The van der Waals surface area contributed by atoms with Crippen LogP contribution in [0.3, 0.4) is 0 Å². The van der Waals surface area contributed by atoms with Gasteiger partial charge < -0.3 is 4.57 Å². The van der Waals surface area contributed by atoms with Crippen molar-refractivity contribution >= 4 is 23.3 Å². The van der Waals surface area contributed by atoms with Gasteiger partial charge in [-0.2, -0.15) is 0 Å². The van der Waals surface area contributed by atoms with Crippen molar-refractivity contribution in [2.24, 2.45) is 0 Å². The monoisotopic (exact) mass is 432 g/mol. The van der Waals surface area contributed by atoms with Crippen molar-refractivity contribution in [1.82, 2.24) is 9.97 Å². The van der Waals surface area contributed by atoms with Crippen LogP contribution in [-0.2, 0) is 4.57 Å². The molecule has 0 saturated heterocycles. The van der Waals surface area contributed by atoms with Crippen molar-refractivity contribution in [1.29, 1.82) is 0 Å². The number of aromatic nitrogens is 2. The molecular weight excluding hydrogens is 411 g/mol. The third kappa shape index (κ3) is 3.79. The molecule has 0 spiro atoms. The Bertz CT molecular complexity index is 1310. The molecule has 5 aromatic rings. The molecule has 32 heavy (non-hydrogen) atoms. The Hall–Kier alpha value is -3.81. The van der Waals surface area contributed by atoms with E-state index in [9.17, 15) is 4.57 Å². The van der Waals surface area contributed by atoms with E-state index in [0.29, 0.717) is 5.57 Å². The Labute approximate surface area is 187 Å². The van der Waals surface area contributed by atoms with Crippen LogP contribution in [0, 0.1) is 0 Å². The number of benzene rings is 4. The average Bonchev–Trinajstić information content (AvgIpc) is 2.90. The van der Waals surface area contributed by atoms with Crippen molar-refractivity contribution in [3.8, 4) is 22.3 Å². The van der Waals surface area contributed by atoms with E-state index in [2.05, 4.69) is 46.4 Å². The van der Waals surface area contributed by atoms with Gasteiger partial charge >= 0.3 is 0 Å². The summed E-state index contributed by atoms with van der Waals surface area (Å²) < 4.78 is 14.3. The minimum absolute atomic E-state index is 0.347. The van der Waals surface area contributed by atoms with Gasteiger partial charge in [-0.25, -0.2) is 9.97 Å².